The molecule has 0 atom stereocenters. The number of methoxy groups -OCH3 is 1. The minimum Gasteiger partial charge on any atom is -0.496 e. The van der Waals surface area contributed by atoms with Gasteiger partial charge in [0.05, 0.1) is 13.7 Å². The van der Waals surface area contributed by atoms with Gasteiger partial charge in [0.15, 0.2) is 0 Å². The number of allylic oxidation sites excluding steroid dienone is 1. The largest absolute Gasteiger partial charge is 0.496 e. The third kappa shape index (κ3) is 5.53. The number of hydrogen-bond acceptors (Lipinski definition) is 3. The van der Waals surface area contributed by atoms with Crippen molar-refractivity contribution in [3.63, 3.8) is 0 Å². The van der Waals surface area contributed by atoms with Crippen molar-refractivity contribution < 1.29 is 9.53 Å². The van der Waals surface area contributed by atoms with Gasteiger partial charge in [0, 0.05) is 12.1 Å². The van der Waals surface area contributed by atoms with Crippen LogP contribution in [0.5, 0.6) is 5.75 Å². The van der Waals surface area contributed by atoms with E-state index in [4.69, 9.17) is 4.74 Å². The van der Waals surface area contributed by atoms with E-state index >= 15 is 0 Å². The first kappa shape index (κ1) is 16.6. The second-order valence-electron chi connectivity index (χ2n) is 5.62. The molecule has 1 aromatic rings. The van der Waals surface area contributed by atoms with Gasteiger partial charge in [-0.3, -0.25) is 4.79 Å². The van der Waals surface area contributed by atoms with Crippen LogP contribution in [-0.2, 0) is 11.3 Å². The Kier molecular flexibility index (Phi) is 6.97. The summed E-state index contributed by atoms with van der Waals surface area (Å²) in [6.45, 7) is 1.73. The highest BCUT2D eigenvalue weighted by Gasteiger charge is 2.06. The Morgan fingerprint density at radius 1 is 1.27 bits per heavy atom. The smallest absolute Gasteiger partial charge is 0.234 e. The number of ether oxygens (including phenoxy) is 1. The zero-order valence-electron chi connectivity index (χ0n) is 13.4. The summed E-state index contributed by atoms with van der Waals surface area (Å²) in [5, 5.41) is 6.13. The van der Waals surface area contributed by atoms with E-state index in [9.17, 15) is 4.79 Å². The van der Waals surface area contributed by atoms with E-state index in [2.05, 4.69) is 16.7 Å². The molecule has 0 saturated carbocycles. The second-order valence-corrected chi connectivity index (χ2v) is 5.62. The molecule has 1 aromatic carbocycles. The standard InChI is InChI=1S/C18H26N2O2/c1-22-17-10-6-5-9-16(17)13-20-18(21)14-19-12-11-15-7-3-2-4-8-15/h5-7,9-10,19H,2-4,8,11-14H2,1H3,(H,20,21). The fourth-order valence-electron chi connectivity index (χ4n) is 2.69. The second kappa shape index (κ2) is 9.26. The van der Waals surface area contributed by atoms with Gasteiger partial charge in [-0.25, -0.2) is 0 Å². The van der Waals surface area contributed by atoms with Crippen LogP contribution in [0, 0.1) is 0 Å². The first-order valence-corrected chi connectivity index (χ1v) is 8.07. The molecule has 120 valence electrons. The number of carbonyl (C=O) groups is 1. The summed E-state index contributed by atoms with van der Waals surface area (Å²) >= 11 is 0. The predicted octanol–water partition coefficient (Wildman–Crippen LogP) is 2.79. The number of amides is 1. The maximum atomic E-state index is 11.8. The van der Waals surface area contributed by atoms with Crippen LogP contribution in [0.2, 0.25) is 0 Å². The minimum absolute atomic E-state index is 0.0172. The zero-order chi connectivity index (χ0) is 15.6. The van der Waals surface area contributed by atoms with Gasteiger partial charge in [-0.05, 0) is 44.7 Å². The molecule has 22 heavy (non-hydrogen) atoms. The summed E-state index contributed by atoms with van der Waals surface area (Å²) in [7, 11) is 1.64. The van der Waals surface area contributed by atoms with Gasteiger partial charge in [0.2, 0.25) is 5.91 Å². The molecular formula is C18H26N2O2. The Morgan fingerprint density at radius 3 is 2.91 bits per heavy atom. The molecule has 0 spiro atoms. The van der Waals surface area contributed by atoms with E-state index in [0.29, 0.717) is 13.1 Å². The van der Waals surface area contributed by atoms with Gasteiger partial charge in [-0.15, -0.1) is 0 Å². The molecule has 0 aliphatic heterocycles. The first-order chi connectivity index (χ1) is 10.8. The monoisotopic (exact) mass is 302 g/mol. The lowest BCUT2D eigenvalue weighted by Gasteiger charge is -2.13. The third-order valence-corrected chi connectivity index (χ3v) is 3.96. The van der Waals surface area contributed by atoms with Gasteiger partial charge in [-0.1, -0.05) is 29.8 Å². The summed E-state index contributed by atoms with van der Waals surface area (Å²) in [5.74, 6) is 0.823. The van der Waals surface area contributed by atoms with E-state index in [1.807, 2.05) is 24.3 Å². The van der Waals surface area contributed by atoms with Crippen LogP contribution in [0.3, 0.4) is 0 Å². The Balaban J connectivity index is 1.62. The van der Waals surface area contributed by atoms with E-state index < -0.39 is 0 Å². The number of hydrogen-bond donors (Lipinski definition) is 2. The van der Waals surface area contributed by atoms with Crippen molar-refractivity contribution in [2.45, 2.75) is 38.6 Å². The molecule has 0 bridgehead atoms. The van der Waals surface area contributed by atoms with Crippen LogP contribution in [0.1, 0.15) is 37.7 Å². The SMILES string of the molecule is COc1ccccc1CNC(=O)CNCCC1=CCCCC1. The van der Waals surface area contributed by atoms with Crippen LogP contribution in [0.4, 0.5) is 0 Å². The summed E-state index contributed by atoms with van der Waals surface area (Å²) in [6, 6.07) is 7.73. The summed E-state index contributed by atoms with van der Waals surface area (Å²) in [4.78, 5) is 11.8. The predicted molar refractivity (Wildman–Crippen MR) is 88.9 cm³/mol. The van der Waals surface area contributed by atoms with Crippen molar-refractivity contribution in [1.29, 1.82) is 0 Å². The maximum absolute atomic E-state index is 11.8. The molecule has 2 rings (SSSR count). The number of rotatable bonds is 8. The fraction of sp³-hybridized carbons (Fsp3) is 0.500. The van der Waals surface area contributed by atoms with E-state index in [-0.39, 0.29) is 5.91 Å². The molecule has 0 heterocycles. The molecule has 1 aliphatic carbocycles. The van der Waals surface area contributed by atoms with Crippen molar-refractivity contribution in [2.75, 3.05) is 20.2 Å². The van der Waals surface area contributed by atoms with Crippen LogP contribution >= 0.6 is 0 Å². The topological polar surface area (TPSA) is 50.4 Å². The summed E-state index contributed by atoms with van der Waals surface area (Å²) in [5.41, 5.74) is 2.53. The van der Waals surface area contributed by atoms with Crippen molar-refractivity contribution in [1.82, 2.24) is 10.6 Å². The molecule has 2 N–H and O–H groups in total. The van der Waals surface area contributed by atoms with E-state index in [1.165, 1.54) is 31.3 Å². The molecule has 0 radical (unpaired) electrons. The van der Waals surface area contributed by atoms with Gasteiger partial charge < -0.3 is 15.4 Å². The number of nitrogens with one attached hydrogen (secondary N) is 2. The highest BCUT2D eigenvalue weighted by Crippen LogP contribution is 2.19. The number of carbonyl (C=O) groups excluding carboxylic acids is 1. The fourth-order valence-corrected chi connectivity index (χ4v) is 2.69. The van der Waals surface area contributed by atoms with E-state index in [0.717, 1.165) is 24.3 Å². The van der Waals surface area contributed by atoms with Crippen LogP contribution < -0.4 is 15.4 Å². The molecule has 4 heteroatoms. The number of benzene rings is 1. The molecule has 0 saturated heterocycles. The Labute approximate surface area is 132 Å². The Morgan fingerprint density at radius 2 is 2.14 bits per heavy atom. The van der Waals surface area contributed by atoms with Gasteiger partial charge >= 0.3 is 0 Å². The quantitative estimate of drug-likeness (QED) is 0.573. The molecule has 1 amide bonds. The lowest BCUT2D eigenvalue weighted by atomic mass is 9.97. The number of para-hydroxylation sites is 1. The van der Waals surface area contributed by atoms with Crippen molar-refractivity contribution >= 4 is 5.91 Å². The third-order valence-electron chi connectivity index (χ3n) is 3.96. The van der Waals surface area contributed by atoms with Gasteiger partial charge in [0.25, 0.3) is 0 Å². The minimum atomic E-state index is 0.0172. The molecule has 0 aromatic heterocycles. The summed E-state index contributed by atoms with van der Waals surface area (Å²) < 4.78 is 5.27. The lowest BCUT2D eigenvalue weighted by Crippen LogP contribution is -2.34. The molecule has 0 fully saturated rings. The molecule has 0 unspecified atom stereocenters. The molecular weight excluding hydrogens is 276 g/mol. The molecule has 1 aliphatic rings. The highest BCUT2D eigenvalue weighted by molar-refractivity contribution is 5.78. The summed E-state index contributed by atoms with van der Waals surface area (Å²) in [6.07, 6.45) is 8.48. The first-order valence-electron chi connectivity index (χ1n) is 8.07. The van der Waals surface area contributed by atoms with Crippen LogP contribution in [-0.4, -0.2) is 26.1 Å². The van der Waals surface area contributed by atoms with Gasteiger partial charge in [-0.2, -0.15) is 0 Å². The van der Waals surface area contributed by atoms with Gasteiger partial charge in [0.1, 0.15) is 5.75 Å². The van der Waals surface area contributed by atoms with Crippen LogP contribution in [0.15, 0.2) is 35.9 Å². The normalized spacial score (nSPS) is 14.3. The Bertz CT molecular complexity index is 512. The average Bonchev–Trinajstić information content (AvgIpc) is 2.58. The zero-order valence-corrected chi connectivity index (χ0v) is 13.4. The average molecular weight is 302 g/mol. The Hall–Kier alpha value is -1.81. The van der Waals surface area contributed by atoms with E-state index in [1.54, 1.807) is 7.11 Å². The van der Waals surface area contributed by atoms with Crippen molar-refractivity contribution in [2.24, 2.45) is 0 Å². The lowest BCUT2D eigenvalue weighted by molar-refractivity contribution is -0.120. The van der Waals surface area contributed by atoms with Crippen molar-refractivity contribution in [3.8, 4) is 5.75 Å². The van der Waals surface area contributed by atoms with Crippen molar-refractivity contribution in [3.05, 3.63) is 41.5 Å². The molecule has 4 nitrogen and oxygen atoms in total. The highest BCUT2D eigenvalue weighted by atomic mass is 16.5. The van der Waals surface area contributed by atoms with Crippen LogP contribution in [0.25, 0.3) is 0 Å². The maximum Gasteiger partial charge on any atom is 0.234 e.